The summed E-state index contributed by atoms with van der Waals surface area (Å²) in [5.41, 5.74) is 1.92. The van der Waals surface area contributed by atoms with E-state index in [1.54, 1.807) is 32.0 Å². The fourth-order valence-electron chi connectivity index (χ4n) is 3.32. The van der Waals surface area contributed by atoms with Crippen molar-refractivity contribution in [3.8, 4) is 17.1 Å². The highest BCUT2D eigenvalue weighted by Gasteiger charge is 2.45. The summed E-state index contributed by atoms with van der Waals surface area (Å²) in [7, 11) is 0. The van der Waals surface area contributed by atoms with Gasteiger partial charge >= 0.3 is 0 Å². The smallest absolute Gasteiger partial charge is 0.254 e. The zero-order valence-corrected chi connectivity index (χ0v) is 17.7. The van der Waals surface area contributed by atoms with Crippen LogP contribution in [-0.4, -0.2) is 74.3 Å². The van der Waals surface area contributed by atoms with Gasteiger partial charge in [-0.05, 0) is 38.5 Å². The topological polar surface area (TPSA) is 157 Å². The number of benzene rings is 1. The van der Waals surface area contributed by atoms with Gasteiger partial charge in [0, 0.05) is 16.9 Å². The van der Waals surface area contributed by atoms with Gasteiger partial charge in [-0.1, -0.05) is 6.92 Å². The average Bonchev–Trinajstić information content (AvgIpc) is 3.04. The molecule has 2 aromatic rings. The Kier molecular flexibility index (Phi) is 7.29. The van der Waals surface area contributed by atoms with Crippen molar-refractivity contribution >= 4 is 5.69 Å². The number of nitrogens with one attached hydrogen (secondary N) is 2. The minimum Gasteiger partial charge on any atom is -0.493 e. The number of anilines is 1. The molecule has 0 bridgehead atoms. The van der Waals surface area contributed by atoms with E-state index in [4.69, 9.17) is 14.6 Å². The monoisotopic (exact) mass is 435 g/mol. The third-order valence-electron chi connectivity index (χ3n) is 5.27. The molecule has 5 unspecified atom stereocenters. The van der Waals surface area contributed by atoms with Gasteiger partial charge in [0.1, 0.15) is 36.0 Å². The molecule has 1 aliphatic rings. The highest BCUT2D eigenvalue weighted by molar-refractivity contribution is 5.70. The minimum atomic E-state index is -1.37. The van der Waals surface area contributed by atoms with Gasteiger partial charge in [0.25, 0.3) is 5.56 Å². The molecule has 1 aliphatic heterocycles. The van der Waals surface area contributed by atoms with Crippen molar-refractivity contribution in [3.05, 3.63) is 39.8 Å². The maximum absolute atomic E-state index is 12.3. The van der Waals surface area contributed by atoms with Crippen molar-refractivity contribution in [1.82, 2.24) is 9.97 Å². The van der Waals surface area contributed by atoms with Gasteiger partial charge in [-0.25, -0.2) is 4.98 Å². The van der Waals surface area contributed by atoms with Crippen LogP contribution in [0.1, 0.15) is 24.6 Å². The summed E-state index contributed by atoms with van der Waals surface area (Å²) in [4.78, 5) is 19.5. The Balaban J connectivity index is 1.93. The summed E-state index contributed by atoms with van der Waals surface area (Å²) >= 11 is 0. The molecular formula is C21H29N3O7. The largest absolute Gasteiger partial charge is 0.493 e. The van der Waals surface area contributed by atoms with Crippen molar-refractivity contribution in [2.24, 2.45) is 0 Å². The van der Waals surface area contributed by atoms with Gasteiger partial charge in [0.2, 0.25) is 0 Å². The molecule has 2 heterocycles. The summed E-state index contributed by atoms with van der Waals surface area (Å²) in [6.45, 7) is 5.29. The number of aromatic nitrogens is 2. The molecule has 0 amide bonds. The van der Waals surface area contributed by atoms with E-state index in [0.717, 1.165) is 6.42 Å². The van der Waals surface area contributed by atoms with Crippen molar-refractivity contribution in [3.63, 3.8) is 0 Å². The first-order valence-electron chi connectivity index (χ1n) is 10.2. The van der Waals surface area contributed by atoms with Crippen molar-refractivity contribution in [2.45, 2.75) is 57.8 Å². The van der Waals surface area contributed by atoms with E-state index in [-0.39, 0.29) is 5.56 Å². The van der Waals surface area contributed by atoms with Crippen LogP contribution in [0.4, 0.5) is 5.69 Å². The number of aliphatic hydroxyl groups is 4. The summed E-state index contributed by atoms with van der Waals surface area (Å²) in [5.74, 6) is 0.865. The number of ether oxygens (including phenoxy) is 2. The van der Waals surface area contributed by atoms with Crippen LogP contribution in [-0.2, 0) is 4.74 Å². The Hall–Kier alpha value is -2.50. The quantitative estimate of drug-likeness (QED) is 0.337. The number of nitrogens with zero attached hydrogens (tertiary/aromatic N) is 1. The molecule has 5 atom stereocenters. The van der Waals surface area contributed by atoms with Crippen LogP contribution in [0.2, 0.25) is 0 Å². The van der Waals surface area contributed by atoms with Gasteiger partial charge in [0.15, 0.2) is 6.23 Å². The number of H-pyrrole nitrogens is 1. The average molecular weight is 435 g/mol. The predicted molar refractivity (Wildman–Crippen MR) is 113 cm³/mol. The number of hydrogen-bond acceptors (Lipinski definition) is 9. The van der Waals surface area contributed by atoms with Crippen LogP contribution in [0, 0.1) is 13.8 Å². The molecule has 1 fully saturated rings. The van der Waals surface area contributed by atoms with E-state index in [1.165, 1.54) is 0 Å². The second-order valence-electron chi connectivity index (χ2n) is 7.58. The number of hydrogen-bond donors (Lipinski definition) is 6. The number of aliphatic hydroxyl groups excluding tert-OH is 4. The maximum Gasteiger partial charge on any atom is 0.254 e. The van der Waals surface area contributed by atoms with Crippen molar-refractivity contribution in [1.29, 1.82) is 0 Å². The van der Waals surface area contributed by atoms with Crippen LogP contribution in [0.3, 0.4) is 0 Å². The second kappa shape index (κ2) is 9.75. The SMILES string of the molecule is CCCOc1ccc(NC2OC(C(O)CO)C(O)C2O)cc1-c1nc(C)c(C)c(=O)[nH]1. The van der Waals surface area contributed by atoms with E-state index in [1.807, 2.05) is 6.92 Å². The molecule has 0 radical (unpaired) electrons. The van der Waals surface area contributed by atoms with E-state index in [0.29, 0.717) is 40.7 Å². The van der Waals surface area contributed by atoms with Gasteiger partial charge in [-0.2, -0.15) is 0 Å². The van der Waals surface area contributed by atoms with E-state index < -0.39 is 37.3 Å². The zero-order chi connectivity index (χ0) is 22.7. The second-order valence-corrected chi connectivity index (χ2v) is 7.58. The molecule has 31 heavy (non-hydrogen) atoms. The van der Waals surface area contributed by atoms with Crippen LogP contribution in [0.5, 0.6) is 5.75 Å². The number of aromatic amines is 1. The van der Waals surface area contributed by atoms with Crippen molar-refractivity contribution in [2.75, 3.05) is 18.5 Å². The highest BCUT2D eigenvalue weighted by atomic mass is 16.6. The normalized spacial score (nSPS) is 24.2. The Morgan fingerprint density at radius 1 is 1.29 bits per heavy atom. The minimum absolute atomic E-state index is 0.249. The maximum atomic E-state index is 12.3. The van der Waals surface area contributed by atoms with Gasteiger partial charge in [-0.3, -0.25) is 4.79 Å². The molecule has 10 heteroatoms. The van der Waals surface area contributed by atoms with Crippen LogP contribution >= 0.6 is 0 Å². The van der Waals surface area contributed by atoms with Crippen LogP contribution in [0.15, 0.2) is 23.0 Å². The molecule has 1 aromatic carbocycles. The highest BCUT2D eigenvalue weighted by Crippen LogP contribution is 2.32. The first-order chi connectivity index (χ1) is 14.8. The zero-order valence-electron chi connectivity index (χ0n) is 17.7. The van der Waals surface area contributed by atoms with Gasteiger partial charge < -0.3 is 40.2 Å². The molecule has 1 saturated heterocycles. The third-order valence-corrected chi connectivity index (χ3v) is 5.27. The lowest BCUT2D eigenvalue weighted by molar-refractivity contribution is -0.0774. The molecule has 6 N–H and O–H groups in total. The molecule has 10 nitrogen and oxygen atoms in total. The molecule has 0 spiro atoms. The lowest BCUT2D eigenvalue weighted by Crippen LogP contribution is -2.40. The van der Waals surface area contributed by atoms with Crippen LogP contribution in [0.25, 0.3) is 11.4 Å². The van der Waals surface area contributed by atoms with E-state index in [2.05, 4.69) is 15.3 Å². The Bertz CT molecular complexity index is 964. The molecule has 170 valence electrons. The third kappa shape index (κ3) is 4.89. The van der Waals surface area contributed by atoms with E-state index in [9.17, 15) is 20.1 Å². The summed E-state index contributed by atoms with van der Waals surface area (Å²) < 4.78 is 11.3. The Labute approximate surface area is 179 Å². The fourth-order valence-corrected chi connectivity index (χ4v) is 3.32. The van der Waals surface area contributed by atoms with Crippen molar-refractivity contribution < 1.29 is 29.9 Å². The molecule has 0 saturated carbocycles. The van der Waals surface area contributed by atoms with Crippen LogP contribution < -0.4 is 15.6 Å². The Morgan fingerprint density at radius 2 is 2.03 bits per heavy atom. The first kappa shape index (κ1) is 23.2. The standard InChI is InChI=1S/C21H29N3O7/c1-4-7-30-15-6-5-12(8-13(15)19-22-11(3)10(2)20(29)24-19)23-21-17(28)16(27)18(31-21)14(26)9-25/h5-6,8,14,16-18,21,23,25-28H,4,7,9H2,1-3H3,(H,22,24,29). The summed E-state index contributed by atoms with van der Waals surface area (Å²) in [6, 6.07) is 5.10. The molecule has 0 aliphatic carbocycles. The van der Waals surface area contributed by atoms with Gasteiger partial charge in [0.05, 0.1) is 18.8 Å². The lowest BCUT2D eigenvalue weighted by atomic mass is 10.1. The molecule has 3 rings (SSSR count). The lowest BCUT2D eigenvalue weighted by Gasteiger charge is -2.20. The van der Waals surface area contributed by atoms with Gasteiger partial charge in [-0.15, -0.1) is 0 Å². The first-order valence-corrected chi connectivity index (χ1v) is 10.2. The predicted octanol–water partition coefficient (Wildman–Crippen LogP) is 0.0543. The Morgan fingerprint density at radius 3 is 2.68 bits per heavy atom. The molecular weight excluding hydrogens is 406 g/mol. The summed E-state index contributed by atoms with van der Waals surface area (Å²) in [5, 5.41) is 42.2. The summed E-state index contributed by atoms with van der Waals surface area (Å²) in [6.07, 6.45) is -5.40. The number of aryl methyl sites for hydroxylation is 1. The van der Waals surface area contributed by atoms with E-state index >= 15 is 0 Å². The fraction of sp³-hybridized carbons (Fsp3) is 0.524. The number of rotatable bonds is 8. The molecule has 1 aromatic heterocycles.